The summed E-state index contributed by atoms with van der Waals surface area (Å²) in [7, 11) is 0. The van der Waals surface area contributed by atoms with E-state index in [0.29, 0.717) is 13.0 Å². The molecule has 1 aliphatic heterocycles. The van der Waals surface area contributed by atoms with Crippen LogP contribution in [0, 0.1) is 0 Å². The lowest BCUT2D eigenvalue weighted by Crippen LogP contribution is -2.33. The van der Waals surface area contributed by atoms with Crippen LogP contribution >= 0.6 is 0 Å². The van der Waals surface area contributed by atoms with Crippen LogP contribution in [0.3, 0.4) is 0 Å². The van der Waals surface area contributed by atoms with E-state index in [2.05, 4.69) is 5.32 Å². The van der Waals surface area contributed by atoms with Crippen molar-refractivity contribution in [2.24, 2.45) is 0 Å². The Bertz CT molecular complexity index is 568. The first-order valence-electron chi connectivity index (χ1n) is 6.22. The van der Waals surface area contributed by atoms with Crippen molar-refractivity contribution in [3.63, 3.8) is 0 Å². The van der Waals surface area contributed by atoms with Gasteiger partial charge in [0.05, 0.1) is 17.2 Å². The summed E-state index contributed by atoms with van der Waals surface area (Å²) >= 11 is 0. The predicted molar refractivity (Wildman–Crippen MR) is 71.6 cm³/mol. The van der Waals surface area contributed by atoms with Crippen LogP contribution in [-0.4, -0.2) is 57.4 Å². The summed E-state index contributed by atoms with van der Waals surface area (Å²) in [6, 6.07) is 2.86. The highest BCUT2D eigenvalue weighted by Crippen LogP contribution is 2.17. The molecular weight excluding hydrogens is 280 g/mol. The third-order valence-corrected chi connectivity index (χ3v) is 3.13. The van der Waals surface area contributed by atoms with Crippen molar-refractivity contribution in [2.45, 2.75) is 12.5 Å². The van der Waals surface area contributed by atoms with E-state index in [0.717, 1.165) is 6.07 Å². The Balaban J connectivity index is 2.20. The Morgan fingerprint density at radius 1 is 1.10 bits per heavy atom. The zero-order chi connectivity index (χ0) is 15.6. The molecule has 112 valence electrons. The molecule has 2 amide bonds. The number of nitrogens with one attached hydrogen (secondary N) is 1. The summed E-state index contributed by atoms with van der Waals surface area (Å²) < 4.78 is 0. The molecule has 1 unspecified atom stereocenters. The number of rotatable bonds is 3. The van der Waals surface area contributed by atoms with Crippen LogP contribution in [0.5, 0.6) is 0 Å². The molecule has 0 saturated carbocycles. The number of anilines is 1. The van der Waals surface area contributed by atoms with E-state index in [9.17, 15) is 19.5 Å². The molecule has 8 heteroatoms. The molecule has 1 aliphatic rings. The fraction of sp³-hybridized carbons (Fsp3) is 0.308. The van der Waals surface area contributed by atoms with E-state index in [4.69, 9.17) is 10.2 Å². The first kappa shape index (κ1) is 14.8. The minimum Gasteiger partial charge on any atom is -0.478 e. The van der Waals surface area contributed by atoms with Gasteiger partial charge < -0.3 is 25.5 Å². The standard InChI is InChI=1S/C13H14N2O6/c16-10-1-2-15(6-10)13(21)14-9-4-7(11(17)18)3-8(5-9)12(19)20/h3-5,10,16H,1-2,6H2,(H,14,21)(H,17,18)(H,19,20). The van der Waals surface area contributed by atoms with E-state index in [1.165, 1.54) is 17.0 Å². The molecule has 1 aromatic carbocycles. The lowest BCUT2D eigenvalue weighted by atomic mass is 10.1. The Morgan fingerprint density at radius 3 is 2.10 bits per heavy atom. The number of likely N-dealkylation sites (tertiary alicyclic amines) is 1. The van der Waals surface area contributed by atoms with E-state index < -0.39 is 24.1 Å². The van der Waals surface area contributed by atoms with Gasteiger partial charge >= 0.3 is 18.0 Å². The van der Waals surface area contributed by atoms with Crippen molar-refractivity contribution in [1.82, 2.24) is 4.90 Å². The van der Waals surface area contributed by atoms with Crippen LogP contribution in [-0.2, 0) is 0 Å². The molecule has 1 fully saturated rings. The van der Waals surface area contributed by atoms with Crippen LogP contribution in [0.1, 0.15) is 27.1 Å². The number of nitrogens with zero attached hydrogens (tertiary/aromatic N) is 1. The van der Waals surface area contributed by atoms with E-state index in [-0.39, 0.29) is 23.4 Å². The van der Waals surface area contributed by atoms with Crippen molar-refractivity contribution in [2.75, 3.05) is 18.4 Å². The van der Waals surface area contributed by atoms with Crippen LogP contribution in [0.25, 0.3) is 0 Å². The number of benzene rings is 1. The largest absolute Gasteiger partial charge is 0.478 e. The summed E-state index contributed by atoms with van der Waals surface area (Å²) in [6.45, 7) is 0.577. The second kappa shape index (κ2) is 5.80. The van der Waals surface area contributed by atoms with Crippen LogP contribution in [0.15, 0.2) is 18.2 Å². The zero-order valence-electron chi connectivity index (χ0n) is 10.9. The third-order valence-electron chi connectivity index (χ3n) is 3.13. The molecule has 0 aromatic heterocycles. The highest BCUT2D eigenvalue weighted by atomic mass is 16.4. The maximum absolute atomic E-state index is 11.9. The quantitative estimate of drug-likeness (QED) is 0.649. The van der Waals surface area contributed by atoms with Gasteiger partial charge in [-0.25, -0.2) is 14.4 Å². The summed E-state index contributed by atoms with van der Waals surface area (Å²) in [5.74, 6) is -2.57. The Morgan fingerprint density at radius 2 is 1.67 bits per heavy atom. The van der Waals surface area contributed by atoms with E-state index in [1.807, 2.05) is 0 Å². The second-order valence-electron chi connectivity index (χ2n) is 4.73. The van der Waals surface area contributed by atoms with E-state index >= 15 is 0 Å². The fourth-order valence-electron chi connectivity index (χ4n) is 2.08. The van der Waals surface area contributed by atoms with Crippen LogP contribution in [0.2, 0.25) is 0 Å². The molecule has 21 heavy (non-hydrogen) atoms. The number of carboxylic acids is 2. The van der Waals surface area contributed by atoms with Crippen molar-refractivity contribution >= 4 is 23.7 Å². The fourth-order valence-corrected chi connectivity index (χ4v) is 2.08. The normalized spacial score (nSPS) is 17.6. The molecule has 1 saturated heterocycles. The van der Waals surface area contributed by atoms with Crippen molar-refractivity contribution < 1.29 is 29.7 Å². The van der Waals surface area contributed by atoms with Gasteiger partial charge in [-0.2, -0.15) is 0 Å². The van der Waals surface area contributed by atoms with Gasteiger partial charge in [0.2, 0.25) is 0 Å². The number of aromatic carboxylic acids is 2. The molecule has 0 spiro atoms. The molecular formula is C13H14N2O6. The van der Waals surface area contributed by atoms with Gasteiger partial charge in [0, 0.05) is 18.8 Å². The number of aliphatic hydroxyl groups excluding tert-OH is 1. The maximum Gasteiger partial charge on any atom is 0.335 e. The number of amides is 2. The SMILES string of the molecule is O=C(O)c1cc(NC(=O)N2CCC(O)C2)cc(C(=O)O)c1. The zero-order valence-corrected chi connectivity index (χ0v) is 10.9. The molecule has 4 N–H and O–H groups in total. The number of hydrogen-bond donors (Lipinski definition) is 4. The first-order valence-corrected chi connectivity index (χ1v) is 6.22. The number of carboxylic acid groups (broad SMARTS) is 2. The van der Waals surface area contributed by atoms with E-state index in [1.54, 1.807) is 0 Å². The second-order valence-corrected chi connectivity index (χ2v) is 4.73. The number of carbonyl (C=O) groups is 3. The minimum absolute atomic E-state index is 0.0821. The molecule has 1 atom stereocenters. The smallest absolute Gasteiger partial charge is 0.335 e. The number of aliphatic hydroxyl groups is 1. The van der Waals surface area contributed by atoms with Crippen molar-refractivity contribution in [3.8, 4) is 0 Å². The number of urea groups is 1. The van der Waals surface area contributed by atoms with Gasteiger partial charge in [0.25, 0.3) is 0 Å². The summed E-state index contributed by atoms with van der Waals surface area (Å²) in [5.41, 5.74) is -0.378. The number of carbonyl (C=O) groups excluding carboxylic acids is 1. The monoisotopic (exact) mass is 294 g/mol. The van der Waals surface area contributed by atoms with Gasteiger partial charge in [-0.3, -0.25) is 0 Å². The number of hydrogen-bond acceptors (Lipinski definition) is 4. The summed E-state index contributed by atoms with van der Waals surface area (Å²) in [6.07, 6.45) is -0.0983. The van der Waals surface area contributed by atoms with Crippen molar-refractivity contribution in [3.05, 3.63) is 29.3 Å². The van der Waals surface area contributed by atoms with Gasteiger partial charge in [0.15, 0.2) is 0 Å². The molecule has 1 aromatic rings. The average Bonchev–Trinajstić information content (AvgIpc) is 2.85. The summed E-state index contributed by atoms with van der Waals surface area (Å²) in [5, 5.41) is 29.7. The third kappa shape index (κ3) is 3.48. The van der Waals surface area contributed by atoms with Crippen LogP contribution < -0.4 is 5.32 Å². The average molecular weight is 294 g/mol. The molecule has 0 aliphatic carbocycles. The lowest BCUT2D eigenvalue weighted by molar-refractivity contribution is 0.0696. The molecule has 8 nitrogen and oxygen atoms in total. The van der Waals surface area contributed by atoms with Gasteiger partial charge in [-0.05, 0) is 24.6 Å². The van der Waals surface area contributed by atoms with Gasteiger partial charge in [-0.15, -0.1) is 0 Å². The molecule has 0 bridgehead atoms. The lowest BCUT2D eigenvalue weighted by Gasteiger charge is -2.17. The molecule has 1 heterocycles. The Kier molecular flexibility index (Phi) is 4.08. The highest BCUT2D eigenvalue weighted by Gasteiger charge is 2.24. The Hall–Kier alpha value is -2.61. The topological polar surface area (TPSA) is 127 Å². The Labute approximate surface area is 119 Å². The maximum atomic E-state index is 11.9. The highest BCUT2D eigenvalue weighted by molar-refractivity contribution is 5.98. The van der Waals surface area contributed by atoms with Crippen molar-refractivity contribution in [1.29, 1.82) is 0 Å². The van der Waals surface area contributed by atoms with Gasteiger partial charge in [-0.1, -0.05) is 0 Å². The predicted octanol–water partition coefficient (Wildman–Crippen LogP) is 0.681. The molecule has 0 radical (unpaired) electrons. The summed E-state index contributed by atoms with van der Waals surface area (Å²) in [4.78, 5) is 35.2. The van der Waals surface area contributed by atoms with Crippen LogP contribution in [0.4, 0.5) is 10.5 Å². The molecule has 2 rings (SSSR count). The number of β-amino-alcohol motifs (C(OH)–C–C–N with tert-alkyl or cyclic N) is 1. The minimum atomic E-state index is -1.29. The first-order chi connectivity index (χ1) is 9.86. The van der Waals surface area contributed by atoms with Gasteiger partial charge in [0.1, 0.15) is 0 Å².